The zero-order valence-electron chi connectivity index (χ0n) is 18.1. The van der Waals surface area contributed by atoms with Gasteiger partial charge in [-0.05, 0) is 51.2 Å². The van der Waals surface area contributed by atoms with E-state index >= 15 is 0 Å². The summed E-state index contributed by atoms with van der Waals surface area (Å²) in [6, 6.07) is 0. The smallest absolute Gasteiger partial charge is 0.199 e. The van der Waals surface area contributed by atoms with Gasteiger partial charge in [-0.1, -0.05) is 18.6 Å². The first-order chi connectivity index (χ1) is 14.5. The fourth-order valence-corrected chi connectivity index (χ4v) is 2.70. The van der Waals surface area contributed by atoms with Gasteiger partial charge in [0.15, 0.2) is 6.29 Å². The number of ether oxygens (including phenoxy) is 3. The minimum Gasteiger partial charge on any atom is -0.507 e. The van der Waals surface area contributed by atoms with E-state index in [2.05, 4.69) is 5.73 Å². The Labute approximate surface area is 180 Å². The number of unbranched alkanes of at least 4 members (excludes halogenated alkanes) is 5. The fraction of sp³-hybridized carbons (Fsp3) is 0.773. The number of hydrogen-bond donors (Lipinski definition) is 5. The molecule has 0 bridgehead atoms. The minimum atomic E-state index is -1.20. The second-order valence-electron chi connectivity index (χ2n) is 7.26. The van der Waals surface area contributed by atoms with Gasteiger partial charge in [0.05, 0.1) is 18.5 Å². The zero-order valence-corrected chi connectivity index (χ0v) is 18.1. The SMILES string of the molecule is CC(CC(O)O/C=C/C=C=CO)(OCCCCCCO)C(O)COCCCCCO. The molecule has 8 heteroatoms. The van der Waals surface area contributed by atoms with Gasteiger partial charge in [-0.15, -0.1) is 0 Å². The van der Waals surface area contributed by atoms with E-state index in [1.807, 2.05) is 0 Å². The molecule has 3 unspecified atom stereocenters. The number of aliphatic hydroxyl groups is 5. The van der Waals surface area contributed by atoms with E-state index in [0.29, 0.717) is 13.2 Å². The predicted molar refractivity (Wildman–Crippen MR) is 114 cm³/mol. The van der Waals surface area contributed by atoms with Crippen LogP contribution in [0, 0.1) is 0 Å². The van der Waals surface area contributed by atoms with Gasteiger partial charge in [0, 0.05) is 32.8 Å². The first-order valence-electron chi connectivity index (χ1n) is 10.7. The molecule has 30 heavy (non-hydrogen) atoms. The van der Waals surface area contributed by atoms with Crippen molar-refractivity contribution in [3.05, 3.63) is 30.4 Å². The van der Waals surface area contributed by atoms with E-state index in [-0.39, 0.29) is 26.2 Å². The summed E-state index contributed by atoms with van der Waals surface area (Å²) in [5, 5.41) is 47.0. The van der Waals surface area contributed by atoms with Gasteiger partial charge < -0.3 is 39.7 Å². The number of rotatable bonds is 20. The van der Waals surface area contributed by atoms with Crippen LogP contribution in [0.2, 0.25) is 0 Å². The highest BCUT2D eigenvalue weighted by Gasteiger charge is 2.37. The summed E-state index contributed by atoms with van der Waals surface area (Å²) < 4.78 is 16.7. The third kappa shape index (κ3) is 15.5. The Bertz CT molecular complexity index is 476. The van der Waals surface area contributed by atoms with E-state index in [9.17, 15) is 10.2 Å². The van der Waals surface area contributed by atoms with Crippen molar-refractivity contribution < 1.29 is 39.7 Å². The van der Waals surface area contributed by atoms with Gasteiger partial charge >= 0.3 is 0 Å². The van der Waals surface area contributed by atoms with Crippen LogP contribution >= 0.6 is 0 Å². The summed E-state index contributed by atoms with van der Waals surface area (Å²) in [7, 11) is 0. The highest BCUT2D eigenvalue weighted by atomic mass is 16.6. The molecule has 176 valence electrons. The Kier molecular flexibility index (Phi) is 18.7. The second-order valence-corrected chi connectivity index (χ2v) is 7.26. The van der Waals surface area contributed by atoms with Crippen LogP contribution in [0.1, 0.15) is 58.3 Å². The number of allylic oxidation sites excluding steroid dienone is 2. The lowest BCUT2D eigenvalue weighted by atomic mass is 9.94. The molecule has 0 aliphatic rings. The van der Waals surface area contributed by atoms with Gasteiger partial charge in [-0.2, -0.15) is 0 Å². The summed E-state index contributed by atoms with van der Waals surface area (Å²) >= 11 is 0. The molecular weight excluding hydrogens is 392 g/mol. The maximum atomic E-state index is 10.6. The Hall–Kier alpha value is -1.38. The standard InChI is InChI=1S/C22H40O8/c1-22(30-17-11-3-2-6-12-23,18-21(27)29-16-10-5-8-14-25)20(26)19-28-15-9-4-7-13-24/h5,10,14,16,20-21,23-27H,2-4,6-7,9,11-13,15,17-19H2,1H3/b16-10+. The summed E-state index contributed by atoms with van der Waals surface area (Å²) in [4.78, 5) is 0. The third-order valence-electron chi connectivity index (χ3n) is 4.57. The van der Waals surface area contributed by atoms with Crippen LogP contribution in [0.5, 0.6) is 0 Å². The van der Waals surface area contributed by atoms with Gasteiger partial charge in [0.2, 0.25) is 0 Å². The molecule has 8 nitrogen and oxygen atoms in total. The maximum absolute atomic E-state index is 10.6. The molecule has 5 N–H and O–H groups in total. The van der Waals surface area contributed by atoms with Crippen LogP contribution in [0.15, 0.2) is 30.4 Å². The van der Waals surface area contributed by atoms with E-state index in [1.54, 1.807) is 6.92 Å². The van der Waals surface area contributed by atoms with Crippen molar-refractivity contribution in [3.8, 4) is 0 Å². The molecule has 0 rings (SSSR count). The zero-order chi connectivity index (χ0) is 22.5. The van der Waals surface area contributed by atoms with Crippen LogP contribution in [-0.2, 0) is 14.2 Å². The lowest BCUT2D eigenvalue weighted by molar-refractivity contribution is -0.178. The topological polar surface area (TPSA) is 129 Å². The van der Waals surface area contributed by atoms with E-state index < -0.39 is 18.0 Å². The summed E-state index contributed by atoms with van der Waals surface area (Å²) in [6.45, 7) is 2.99. The monoisotopic (exact) mass is 432 g/mol. The molecule has 0 spiro atoms. The van der Waals surface area contributed by atoms with Gasteiger partial charge in [0.1, 0.15) is 12.4 Å². The molecule has 0 saturated heterocycles. The predicted octanol–water partition coefficient (Wildman–Crippen LogP) is 2.32. The first kappa shape index (κ1) is 28.6. The van der Waals surface area contributed by atoms with Crippen LogP contribution in [0.25, 0.3) is 0 Å². The van der Waals surface area contributed by atoms with Crippen LogP contribution in [-0.4, -0.2) is 76.6 Å². The molecule has 0 aliphatic carbocycles. The molecule has 0 saturated carbocycles. The molecule has 0 fully saturated rings. The van der Waals surface area contributed by atoms with Crippen molar-refractivity contribution >= 4 is 0 Å². The average molecular weight is 433 g/mol. The highest BCUT2D eigenvalue weighted by Crippen LogP contribution is 2.24. The normalized spacial score (nSPS) is 15.4. The minimum absolute atomic E-state index is 0.0303. The average Bonchev–Trinajstić information content (AvgIpc) is 2.72. The molecular formula is C22H40O8. The molecule has 3 atom stereocenters. The maximum Gasteiger partial charge on any atom is 0.199 e. The van der Waals surface area contributed by atoms with Gasteiger partial charge in [0.25, 0.3) is 0 Å². The van der Waals surface area contributed by atoms with Crippen LogP contribution < -0.4 is 0 Å². The fourth-order valence-electron chi connectivity index (χ4n) is 2.70. The van der Waals surface area contributed by atoms with E-state index in [0.717, 1.165) is 51.2 Å². The Balaban J connectivity index is 4.63. The van der Waals surface area contributed by atoms with Crippen molar-refractivity contribution in [1.29, 1.82) is 0 Å². The number of aliphatic hydroxyl groups excluding tert-OH is 5. The van der Waals surface area contributed by atoms with Crippen LogP contribution in [0.3, 0.4) is 0 Å². The molecule has 0 aromatic rings. The summed E-state index contributed by atoms with van der Waals surface area (Å²) in [5.74, 6) is 0. The highest BCUT2D eigenvalue weighted by molar-refractivity contribution is 4.98. The lowest BCUT2D eigenvalue weighted by Gasteiger charge is -2.35. The quantitative estimate of drug-likeness (QED) is 0.0652. The van der Waals surface area contributed by atoms with Crippen molar-refractivity contribution in [2.24, 2.45) is 0 Å². The van der Waals surface area contributed by atoms with Crippen molar-refractivity contribution in [2.75, 3.05) is 33.0 Å². The first-order valence-corrected chi connectivity index (χ1v) is 10.7. The van der Waals surface area contributed by atoms with Crippen LogP contribution in [0.4, 0.5) is 0 Å². The molecule has 0 amide bonds. The molecule has 0 aromatic heterocycles. The number of hydrogen-bond acceptors (Lipinski definition) is 8. The van der Waals surface area contributed by atoms with E-state index in [1.165, 1.54) is 18.4 Å². The molecule has 0 radical (unpaired) electrons. The van der Waals surface area contributed by atoms with Crippen molar-refractivity contribution in [2.45, 2.75) is 76.3 Å². The van der Waals surface area contributed by atoms with Crippen molar-refractivity contribution in [3.63, 3.8) is 0 Å². The van der Waals surface area contributed by atoms with Crippen molar-refractivity contribution in [1.82, 2.24) is 0 Å². The lowest BCUT2D eigenvalue weighted by Crippen LogP contribution is -2.47. The third-order valence-corrected chi connectivity index (χ3v) is 4.57. The van der Waals surface area contributed by atoms with E-state index in [4.69, 9.17) is 29.5 Å². The van der Waals surface area contributed by atoms with Gasteiger partial charge in [-0.25, -0.2) is 0 Å². The van der Waals surface area contributed by atoms with Gasteiger partial charge in [-0.3, -0.25) is 0 Å². The summed E-state index contributed by atoms with van der Waals surface area (Å²) in [6.07, 6.45) is 8.47. The Morgan fingerprint density at radius 2 is 1.57 bits per heavy atom. The largest absolute Gasteiger partial charge is 0.507 e. The molecule has 0 heterocycles. The second kappa shape index (κ2) is 19.6. The molecule has 0 aliphatic heterocycles. The Morgan fingerprint density at radius 3 is 2.23 bits per heavy atom. The molecule has 0 aromatic carbocycles. The Morgan fingerprint density at radius 1 is 0.933 bits per heavy atom. The summed E-state index contributed by atoms with van der Waals surface area (Å²) in [5.41, 5.74) is 1.35.